The second-order valence-corrected chi connectivity index (χ2v) is 5.93. The maximum absolute atomic E-state index is 11.9. The van der Waals surface area contributed by atoms with Crippen LogP contribution in [0.2, 0.25) is 0 Å². The second kappa shape index (κ2) is 7.36. The number of rotatable bonds is 6. The molecule has 23 heavy (non-hydrogen) atoms. The van der Waals surface area contributed by atoms with Gasteiger partial charge < -0.3 is 19.4 Å². The number of thioether (sulfide) groups is 1. The fourth-order valence-corrected chi connectivity index (χ4v) is 2.95. The van der Waals surface area contributed by atoms with E-state index in [1.165, 1.54) is 11.8 Å². The number of hydrogen-bond acceptors (Lipinski definition) is 6. The molecule has 0 aliphatic carbocycles. The van der Waals surface area contributed by atoms with Gasteiger partial charge in [-0.1, -0.05) is 23.9 Å². The van der Waals surface area contributed by atoms with Crippen LogP contribution in [-0.4, -0.2) is 45.7 Å². The number of nitrogens with zero attached hydrogens (tertiary/aromatic N) is 3. The van der Waals surface area contributed by atoms with Crippen molar-refractivity contribution in [1.82, 2.24) is 20.1 Å². The van der Waals surface area contributed by atoms with Crippen LogP contribution in [0.25, 0.3) is 0 Å². The summed E-state index contributed by atoms with van der Waals surface area (Å²) >= 11 is 1.37. The highest BCUT2D eigenvalue weighted by Gasteiger charge is 2.21. The van der Waals surface area contributed by atoms with Crippen LogP contribution in [0.3, 0.4) is 0 Å². The van der Waals surface area contributed by atoms with Crippen LogP contribution in [-0.2, 0) is 11.3 Å². The Labute approximate surface area is 138 Å². The number of amides is 1. The lowest BCUT2D eigenvalue weighted by Gasteiger charge is -2.26. The van der Waals surface area contributed by atoms with Crippen LogP contribution in [0.4, 0.5) is 0 Å². The first-order valence-corrected chi connectivity index (χ1v) is 8.40. The highest BCUT2D eigenvalue weighted by atomic mass is 32.2. The first-order valence-electron chi connectivity index (χ1n) is 7.42. The smallest absolute Gasteiger partial charge is 0.230 e. The van der Waals surface area contributed by atoms with Gasteiger partial charge in [0.05, 0.1) is 12.3 Å². The summed E-state index contributed by atoms with van der Waals surface area (Å²) in [5.41, 5.74) is 0. The molecule has 1 atom stereocenters. The Morgan fingerprint density at radius 2 is 2.26 bits per heavy atom. The maximum Gasteiger partial charge on any atom is 0.230 e. The van der Waals surface area contributed by atoms with Crippen molar-refractivity contribution in [3.63, 3.8) is 0 Å². The van der Waals surface area contributed by atoms with E-state index >= 15 is 0 Å². The van der Waals surface area contributed by atoms with Crippen molar-refractivity contribution < 1.29 is 14.3 Å². The lowest BCUT2D eigenvalue weighted by molar-refractivity contribution is -0.119. The number of fused-ring (bicyclic) bond motifs is 1. The third-order valence-corrected chi connectivity index (χ3v) is 4.33. The van der Waals surface area contributed by atoms with Crippen molar-refractivity contribution >= 4 is 17.7 Å². The summed E-state index contributed by atoms with van der Waals surface area (Å²) in [5, 5.41) is 11.4. The minimum atomic E-state index is -0.182. The fraction of sp³-hybridized carbons (Fsp3) is 0.400. The van der Waals surface area contributed by atoms with E-state index in [0.717, 1.165) is 17.5 Å². The van der Waals surface area contributed by atoms with E-state index in [2.05, 4.69) is 15.5 Å². The number of carbonyl (C=O) groups is 1. The van der Waals surface area contributed by atoms with Gasteiger partial charge in [-0.3, -0.25) is 4.79 Å². The summed E-state index contributed by atoms with van der Waals surface area (Å²) in [6.45, 7) is 3.62. The minimum Gasteiger partial charge on any atom is -0.486 e. The Bertz CT molecular complexity index is 676. The largest absolute Gasteiger partial charge is 0.486 e. The van der Waals surface area contributed by atoms with Crippen LogP contribution in [0.5, 0.6) is 11.5 Å². The maximum atomic E-state index is 11.9. The highest BCUT2D eigenvalue weighted by Crippen LogP contribution is 2.30. The third kappa shape index (κ3) is 3.95. The average molecular weight is 334 g/mol. The van der Waals surface area contributed by atoms with Gasteiger partial charge in [0.25, 0.3) is 0 Å². The third-order valence-electron chi connectivity index (χ3n) is 3.35. The van der Waals surface area contributed by atoms with Gasteiger partial charge in [0, 0.05) is 6.54 Å². The van der Waals surface area contributed by atoms with Gasteiger partial charge in [0.2, 0.25) is 5.91 Å². The van der Waals surface area contributed by atoms with Crippen molar-refractivity contribution in [3.05, 3.63) is 30.6 Å². The summed E-state index contributed by atoms with van der Waals surface area (Å²) in [6.07, 6.45) is 1.48. The molecule has 0 saturated heterocycles. The number of para-hydroxylation sites is 2. The molecule has 0 bridgehead atoms. The fourth-order valence-electron chi connectivity index (χ4n) is 2.15. The lowest BCUT2D eigenvalue weighted by atomic mass is 10.2. The summed E-state index contributed by atoms with van der Waals surface area (Å²) in [6, 6.07) is 7.52. The standard InChI is InChI=1S/C15H18N4O3S/c1-2-19-10-17-18-15(19)23-9-14(20)16-7-11-8-21-12-5-3-4-6-13(12)22-11/h3-6,10-11H,2,7-9H2,1H3,(H,16,20)/t11-/m1/s1. The first kappa shape index (κ1) is 15.7. The van der Waals surface area contributed by atoms with E-state index in [-0.39, 0.29) is 12.0 Å². The summed E-state index contributed by atoms with van der Waals surface area (Å²) in [5.74, 6) is 1.68. The van der Waals surface area contributed by atoms with Gasteiger partial charge in [-0.15, -0.1) is 10.2 Å². The Balaban J connectivity index is 1.43. The molecule has 1 aliphatic rings. The van der Waals surface area contributed by atoms with Crippen LogP contribution < -0.4 is 14.8 Å². The van der Waals surface area contributed by atoms with Crippen molar-refractivity contribution in [3.8, 4) is 11.5 Å². The SMILES string of the molecule is CCn1cnnc1SCC(=O)NC[C@@H]1COc2ccccc2O1. The van der Waals surface area contributed by atoms with E-state index in [4.69, 9.17) is 9.47 Å². The molecule has 8 heteroatoms. The summed E-state index contributed by atoms with van der Waals surface area (Å²) < 4.78 is 13.3. The molecule has 2 heterocycles. The zero-order chi connectivity index (χ0) is 16.1. The topological polar surface area (TPSA) is 78.3 Å². The van der Waals surface area contributed by atoms with E-state index in [1.54, 1.807) is 6.33 Å². The highest BCUT2D eigenvalue weighted by molar-refractivity contribution is 7.99. The molecular weight excluding hydrogens is 316 g/mol. The molecule has 0 radical (unpaired) electrons. The molecule has 0 unspecified atom stereocenters. The molecule has 1 aromatic carbocycles. The Morgan fingerprint density at radius 3 is 3.09 bits per heavy atom. The minimum absolute atomic E-state index is 0.0666. The van der Waals surface area contributed by atoms with Crippen molar-refractivity contribution in [2.24, 2.45) is 0 Å². The second-order valence-electron chi connectivity index (χ2n) is 4.99. The van der Waals surface area contributed by atoms with Gasteiger partial charge in [-0.2, -0.15) is 0 Å². The number of carbonyl (C=O) groups excluding carboxylic acids is 1. The van der Waals surface area contributed by atoms with Gasteiger partial charge in [-0.25, -0.2) is 0 Å². The van der Waals surface area contributed by atoms with E-state index in [9.17, 15) is 4.79 Å². The Kier molecular flexibility index (Phi) is 5.02. The molecule has 0 spiro atoms. The molecule has 2 aromatic rings. The van der Waals surface area contributed by atoms with Gasteiger partial charge >= 0.3 is 0 Å². The van der Waals surface area contributed by atoms with Crippen molar-refractivity contribution in [1.29, 1.82) is 0 Å². The Morgan fingerprint density at radius 1 is 1.43 bits per heavy atom. The van der Waals surface area contributed by atoms with Crippen LogP contribution in [0, 0.1) is 0 Å². The molecule has 122 valence electrons. The molecule has 7 nitrogen and oxygen atoms in total. The van der Waals surface area contributed by atoms with E-state index in [1.807, 2.05) is 35.8 Å². The number of aryl methyl sites for hydroxylation is 1. The zero-order valence-corrected chi connectivity index (χ0v) is 13.6. The predicted octanol–water partition coefficient (Wildman–Crippen LogP) is 1.35. The number of nitrogens with one attached hydrogen (secondary N) is 1. The number of hydrogen-bond donors (Lipinski definition) is 1. The predicted molar refractivity (Wildman–Crippen MR) is 85.8 cm³/mol. The van der Waals surface area contributed by atoms with Crippen LogP contribution >= 0.6 is 11.8 Å². The molecule has 0 fully saturated rings. The van der Waals surface area contributed by atoms with E-state index < -0.39 is 0 Å². The molecule has 1 N–H and O–H groups in total. The first-order chi connectivity index (χ1) is 11.3. The summed E-state index contributed by atoms with van der Waals surface area (Å²) in [7, 11) is 0. The average Bonchev–Trinajstić information content (AvgIpc) is 3.05. The normalized spacial score (nSPS) is 16.1. The zero-order valence-electron chi connectivity index (χ0n) is 12.8. The molecule has 0 saturated carbocycles. The molecule has 1 aromatic heterocycles. The Hall–Kier alpha value is -2.22. The van der Waals surface area contributed by atoms with Crippen LogP contribution in [0.15, 0.2) is 35.7 Å². The molecular formula is C15H18N4O3S. The van der Waals surface area contributed by atoms with Crippen LogP contribution in [0.1, 0.15) is 6.92 Å². The number of benzene rings is 1. The quantitative estimate of drug-likeness (QED) is 0.804. The lowest BCUT2D eigenvalue weighted by Crippen LogP contribution is -2.41. The molecule has 1 aliphatic heterocycles. The van der Waals surface area contributed by atoms with Gasteiger partial charge in [-0.05, 0) is 19.1 Å². The van der Waals surface area contributed by atoms with E-state index in [0.29, 0.717) is 24.7 Å². The molecule has 1 amide bonds. The van der Waals surface area contributed by atoms with Gasteiger partial charge in [0.1, 0.15) is 19.0 Å². The van der Waals surface area contributed by atoms with Gasteiger partial charge in [0.15, 0.2) is 16.7 Å². The summed E-state index contributed by atoms with van der Waals surface area (Å²) in [4.78, 5) is 11.9. The number of ether oxygens (including phenoxy) is 2. The monoisotopic (exact) mass is 334 g/mol. The van der Waals surface area contributed by atoms with Crippen molar-refractivity contribution in [2.75, 3.05) is 18.9 Å². The van der Waals surface area contributed by atoms with Crippen molar-refractivity contribution in [2.45, 2.75) is 24.7 Å². The molecule has 3 rings (SSSR count). The number of aromatic nitrogens is 3.